The minimum atomic E-state index is -0.155. The van der Waals surface area contributed by atoms with Gasteiger partial charge < -0.3 is 10.6 Å². The number of halogens is 1. The summed E-state index contributed by atoms with van der Waals surface area (Å²) >= 11 is 0. The van der Waals surface area contributed by atoms with Crippen molar-refractivity contribution in [1.29, 1.82) is 0 Å². The van der Waals surface area contributed by atoms with Gasteiger partial charge in [0, 0.05) is 18.0 Å². The van der Waals surface area contributed by atoms with Crippen LogP contribution < -0.4 is 10.6 Å². The van der Waals surface area contributed by atoms with Crippen molar-refractivity contribution in [1.82, 2.24) is 10.6 Å². The highest BCUT2D eigenvalue weighted by atomic mass is 19.1. The maximum Gasteiger partial charge on any atom is 0.123 e. The highest BCUT2D eigenvalue weighted by molar-refractivity contribution is 5.25. The summed E-state index contributed by atoms with van der Waals surface area (Å²) in [6, 6.07) is 7.16. The molecule has 0 saturated heterocycles. The molecular formula is C13H19FN2. The minimum Gasteiger partial charge on any atom is -0.319 e. The van der Waals surface area contributed by atoms with Crippen LogP contribution >= 0.6 is 0 Å². The van der Waals surface area contributed by atoms with Gasteiger partial charge in [0.05, 0.1) is 0 Å². The van der Waals surface area contributed by atoms with Gasteiger partial charge in [-0.25, -0.2) is 4.39 Å². The summed E-state index contributed by atoms with van der Waals surface area (Å²) in [5, 5.41) is 6.56. The Bertz CT molecular complexity index is 361. The van der Waals surface area contributed by atoms with Crippen LogP contribution in [0.2, 0.25) is 0 Å². The van der Waals surface area contributed by atoms with Crippen molar-refractivity contribution < 1.29 is 4.39 Å². The molecule has 0 aliphatic heterocycles. The van der Waals surface area contributed by atoms with Gasteiger partial charge in [0.15, 0.2) is 0 Å². The molecule has 2 N–H and O–H groups in total. The first kappa shape index (κ1) is 11.6. The molecule has 2 rings (SSSR count). The third-order valence-electron chi connectivity index (χ3n) is 3.50. The highest BCUT2D eigenvalue weighted by Crippen LogP contribution is 2.54. The van der Waals surface area contributed by atoms with E-state index in [0.29, 0.717) is 0 Å². The predicted molar refractivity (Wildman–Crippen MR) is 63.8 cm³/mol. The smallest absolute Gasteiger partial charge is 0.123 e. The molecule has 2 nitrogen and oxygen atoms in total. The zero-order valence-electron chi connectivity index (χ0n) is 9.89. The molecule has 0 radical (unpaired) electrons. The SMILES string of the molecule is CNCC1(C(NC)c2cccc(F)c2)CC1. The number of benzene rings is 1. The first-order chi connectivity index (χ1) is 7.72. The van der Waals surface area contributed by atoms with E-state index in [-0.39, 0.29) is 17.3 Å². The van der Waals surface area contributed by atoms with Gasteiger partial charge >= 0.3 is 0 Å². The van der Waals surface area contributed by atoms with E-state index < -0.39 is 0 Å². The van der Waals surface area contributed by atoms with Gasteiger partial charge in [-0.2, -0.15) is 0 Å². The molecule has 1 aliphatic carbocycles. The van der Waals surface area contributed by atoms with E-state index in [0.717, 1.165) is 12.1 Å². The number of rotatable bonds is 5. The predicted octanol–water partition coefficient (Wildman–Crippen LogP) is 2.09. The molecule has 1 aromatic carbocycles. The molecule has 1 atom stereocenters. The first-order valence-corrected chi connectivity index (χ1v) is 5.79. The molecule has 0 aromatic heterocycles. The van der Waals surface area contributed by atoms with Crippen LogP contribution in [-0.2, 0) is 0 Å². The molecule has 1 aromatic rings. The van der Waals surface area contributed by atoms with Crippen LogP contribution in [0.3, 0.4) is 0 Å². The van der Waals surface area contributed by atoms with Crippen molar-refractivity contribution in [2.24, 2.45) is 5.41 Å². The van der Waals surface area contributed by atoms with Crippen LogP contribution in [0.5, 0.6) is 0 Å². The maximum absolute atomic E-state index is 13.2. The molecule has 88 valence electrons. The molecule has 1 aliphatic rings. The quantitative estimate of drug-likeness (QED) is 0.797. The molecular weight excluding hydrogens is 203 g/mol. The first-order valence-electron chi connectivity index (χ1n) is 5.79. The zero-order chi connectivity index (χ0) is 11.6. The lowest BCUT2D eigenvalue weighted by molar-refractivity contribution is 0.346. The largest absolute Gasteiger partial charge is 0.319 e. The molecule has 0 amide bonds. The fraction of sp³-hybridized carbons (Fsp3) is 0.538. The average molecular weight is 222 g/mol. The standard InChI is InChI=1S/C13H19FN2/c1-15-9-13(6-7-13)12(16-2)10-4-3-5-11(14)8-10/h3-5,8,12,15-16H,6-7,9H2,1-2H3. The normalized spacial score (nSPS) is 19.4. The van der Waals surface area contributed by atoms with Crippen LogP contribution in [0.25, 0.3) is 0 Å². The summed E-state index contributed by atoms with van der Waals surface area (Å²) in [7, 11) is 3.92. The lowest BCUT2D eigenvalue weighted by Gasteiger charge is -2.27. The molecule has 1 fully saturated rings. The fourth-order valence-corrected chi connectivity index (χ4v) is 2.59. The van der Waals surface area contributed by atoms with Gasteiger partial charge in [-0.3, -0.25) is 0 Å². The van der Waals surface area contributed by atoms with Crippen molar-refractivity contribution in [2.45, 2.75) is 18.9 Å². The van der Waals surface area contributed by atoms with Gasteiger partial charge in [0.25, 0.3) is 0 Å². The van der Waals surface area contributed by atoms with Crippen LogP contribution in [0.15, 0.2) is 24.3 Å². The molecule has 1 saturated carbocycles. The van der Waals surface area contributed by atoms with Crippen molar-refractivity contribution in [3.63, 3.8) is 0 Å². The second kappa shape index (κ2) is 4.52. The Morgan fingerprint density at radius 2 is 2.12 bits per heavy atom. The van der Waals surface area contributed by atoms with Crippen LogP contribution in [0, 0.1) is 11.2 Å². The Hall–Kier alpha value is -0.930. The van der Waals surface area contributed by atoms with E-state index in [1.165, 1.54) is 18.9 Å². The van der Waals surface area contributed by atoms with Crippen molar-refractivity contribution >= 4 is 0 Å². The molecule has 16 heavy (non-hydrogen) atoms. The zero-order valence-corrected chi connectivity index (χ0v) is 9.89. The maximum atomic E-state index is 13.2. The van der Waals surface area contributed by atoms with Crippen LogP contribution in [-0.4, -0.2) is 20.6 Å². The topological polar surface area (TPSA) is 24.1 Å². The van der Waals surface area contributed by atoms with E-state index in [4.69, 9.17) is 0 Å². The van der Waals surface area contributed by atoms with E-state index in [1.807, 2.05) is 20.2 Å². The third-order valence-corrected chi connectivity index (χ3v) is 3.50. The van der Waals surface area contributed by atoms with Gasteiger partial charge in [0.1, 0.15) is 5.82 Å². The number of hydrogen-bond donors (Lipinski definition) is 2. The Kier molecular flexibility index (Phi) is 3.26. The Morgan fingerprint density at radius 3 is 2.62 bits per heavy atom. The summed E-state index contributed by atoms with van der Waals surface area (Å²) in [5.41, 5.74) is 1.33. The molecule has 0 spiro atoms. The molecule has 1 unspecified atom stereocenters. The molecule has 0 heterocycles. The van der Waals surface area contributed by atoms with Gasteiger partial charge in [0.2, 0.25) is 0 Å². The van der Waals surface area contributed by atoms with Crippen molar-refractivity contribution in [3.8, 4) is 0 Å². The highest BCUT2D eigenvalue weighted by Gasteiger charge is 2.48. The van der Waals surface area contributed by atoms with Gasteiger partial charge in [-0.1, -0.05) is 12.1 Å². The van der Waals surface area contributed by atoms with E-state index in [1.54, 1.807) is 12.1 Å². The van der Waals surface area contributed by atoms with Gasteiger partial charge in [-0.15, -0.1) is 0 Å². The van der Waals surface area contributed by atoms with Gasteiger partial charge in [-0.05, 0) is 44.6 Å². The minimum absolute atomic E-state index is 0.155. The van der Waals surface area contributed by atoms with Crippen LogP contribution in [0.1, 0.15) is 24.4 Å². The van der Waals surface area contributed by atoms with E-state index in [2.05, 4.69) is 10.6 Å². The second-order valence-corrected chi connectivity index (χ2v) is 4.67. The lowest BCUT2D eigenvalue weighted by atomic mass is 9.90. The number of hydrogen-bond acceptors (Lipinski definition) is 2. The average Bonchev–Trinajstić information content (AvgIpc) is 3.00. The Morgan fingerprint density at radius 1 is 1.38 bits per heavy atom. The number of nitrogens with one attached hydrogen (secondary N) is 2. The third kappa shape index (κ3) is 2.11. The molecule has 0 bridgehead atoms. The van der Waals surface area contributed by atoms with Crippen LogP contribution in [0.4, 0.5) is 4.39 Å². The Labute approximate surface area is 96.2 Å². The summed E-state index contributed by atoms with van der Waals surface area (Å²) in [4.78, 5) is 0. The van der Waals surface area contributed by atoms with Crippen molar-refractivity contribution in [2.75, 3.05) is 20.6 Å². The molecule has 3 heteroatoms. The summed E-state index contributed by atoms with van der Waals surface area (Å²) < 4.78 is 13.2. The lowest BCUT2D eigenvalue weighted by Crippen LogP contribution is -2.33. The second-order valence-electron chi connectivity index (χ2n) is 4.67. The van der Waals surface area contributed by atoms with Crippen molar-refractivity contribution in [3.05, 3.63) is 35.6 Å². The van der Waals surface area contributed by atoms with E-state index in [9.17, 15) is 4.39 Å². The summed E-state index contributed by atoms with van der Waals surface area (Å²) in [6.45, 7) is 0.981. The van der Waals surface area contributed by atoms with E-state index >= 15 is 0 Å². The monoisotopic (exact) mass is 222 g/mol. The summed E-state index contributed by atoms with van der Waals surface area (Å²) in [6.07, 6.45) is 2.41. The Balaban J connectivity index is 2.23. The summed E-state index contributed by atoms with van der Waals surface area (Å²) in [5.74, 6) is -0.155. The fourth-order valence-electron chi connectivity index (χ4n) is 2.59.